The summed E-state index contributed by atoms with van der Waals surface area (Å²) in [6.07, 6.45) is 1.72. The molecule has 0 amide bonds. The Morgan fingerprint density at radius 3 is 3.00 bits per heavy atom. The standard InChI is InChI=1S/C12H12N4OS2/c1-7(2)10-13-14-12-16(10)15-9(19-12)6-18-11(15)8-4-3-5-17-8/h3-7,11H,1-2H3. The quantitative estimate of drug-likeness (QED) is 0.846. The lowest BCUT2D eigenvalue weighted by Gasteiger charge is -2.24. The zero-order chi connectivity index (χ0) is 13.0. The molecule has 98 valence electrons. The number of nitrogens with zero attached hydrogens (tertiary/aromatic N) is 4. The fourth-order valence-electron chi connectivity index (χ4n) is 2.24. The molecule has 4 heterocycles. The van der Waals surface area contributed by atoms with Gasteiger partial charge in [0.05, 0.1) is 6.26 Å². The molecule has 0 N–H and O–H groups in total. The summed E-state index contributed by atoms with van der Waals surface area (Å²) in [7, 11) is 0. The van der Waals surface area contributed by atoms with Crippen LogP contribution in [0.15, 0.2) is 38.4 Å². The van der Waals surface area contributed by atoms with Crippen LogP contribution in [0.4, 0.5) is 0 Å². The van der Waals surface area contributed by atoms with Crippen molar-refractivity contribution < 1.29 is 4.42 Å². The first-order chi connectivity index (χ1) is 9.25. The normalized spacial score (nSPS) is 20.9. The van der Waals surface area contributed by atoms with Crippen molar-refractivity contribution in [1.29, 1.82) is 0 Å². The largest absolute Gasteiger partial charge is 0.466 e. The Morgan fingerprint density at radius 1 is 1.37 bits per heavy atom. The van der Waals surface area contributed by atoms with Crippen molar-refractivity contribution in [1.82, 2.24) is 14.9 Å². The lowest BCUT2D eigenvalue weighted by molar-refractivity contribution is 0.474. The molecule has 0 saturated heterocycles. The van der Waals surface area contributed by atoms with Crippen LogP contribution in [0.5, 0.6) is 0 Å². The van der Waals surface area contributed by atoms with E-state index >= 15 is 0 Å². The van der Waals surface area contributed by atoms with Gasteiger partial charge in [-0.3, -0.25) is 0 Å². The van der Waals surface area contributed by atoms with E-state index in [2.05, 4.69) is 39.1 Å². The van der Waals surface area contributed by atoms with E-state index in [1.54, 1.807) is 29.8 Å². The van der Waals surface area contributed by atoms with Crippen molar-refractivity contribution in [2.45, 2.75) is 30.3 Å². The summed E-state index contributed by atoms with van der Waals surface area (Å²) in [5, 5.41) is 15.2. The van der Waals surface area contributed by atoms with Gasteiger partial charge in [-0.1, -0.05) is 25.6 Å². The molecule has 7 heteroatoms. The van der Waals surface area contributed by atoms with Gasteiger partial charge in [0.25, 0.3) is 0 Å². The molecule has 19 heavy (non-hydrogen) atoms. The van der Waals surface area contributed by atoms with Crippen LogP contribution in [0.3, 0.4) is 0 Å². The molecule has 4 rings (SSSR count). The molecule has 0 saturated carbocycles. The number of aromatic nitrogens is 3. The summed E-state index contributed by atoms with van der Waals surface area (Å²) in [5.41, 5.74) is 0. The predicted octanol–water partition coefficient (Wildman–Crippen LogP) is 3.28. The zero-order valence-corrected chi connectivity index (χ0v) is 12.1. The van der Waals surface area contributed by atoms with E-state index in [0.717, 1.165) is 16.7 Å². The van der Waals surface area contributed by atoms with Crippen LogP contribution in [-0.2, 0) is 0 Å². The minimum absolute atomic E-state index is 0.132. The van der Waals surface area contributed by atoms with Crippen LogP contribution in [0.25, 0.3) is 0 Å². The maximum atomic E-state index is 5.56. The highest BCUT2D eigenvalue weighted by molar-refractivity contribution is 8.07. The lowest BCUT2D eigenvalue weighted by Crippen LogP contribution is -2.30. The van der Waals surface area contributed by atoms with E-state index in [0.29, 0.717) is 5.92 Å². The molecule has 0 radical (unpaired) electrons. The summed E-state index contributed by atoms with van der Waals surface area (Å²) >= 11 is 3.41. The minimum Gasteiger partial charge on any atom is -0.466 e. The fourth-order valence-corrected chi connectivity index (χ4v) is 4.43. The molecule has 0 fully saturated rings. The molecule has 0 aromatic carbocycles. The molecular weight excluding hydrogens is 280 g/mol. The highest BCUT2D eigenvalue weighted by Gasteiger charge is 2.41. The van der Waals surface area contributed by atoms with Crippen LogP contribution in [0.2, 0.25) is 0 Å². The van der Waals surface area contributed by atoms with Crippen molar-refractivity contribution in [3.8, 4) is 0 Å². The van der Waals surface area contributed by atoms with E-state index in [9.17, 15) is 0 Å². The third kappa shape index (κ3) is 1.58. The van der Waals surface area contributed by atoms with Gasteiger partial charge in [0.15, 0.2) is 11.2 Å². The highest BCUT2D eigenvalue weighted by atomic mass is 32.2. The molecule has 0 bridgehead atoms. The number of fused-ring (bicyclic) bond motifs is 3. The van der Waals surface area contributed by atoms with E-state index in [1.165, 1.54) is 5.03 Å². The second kappa shape index (κ2) is 4.08. The van der Waals surface area contributed by atoms with Crippen LogP contribution in [0, 0.1) is 0 Å². The Balaban J connectivity index is 1.81. The van der Waals surface area contributed by atoms with Gasteiger partial charge in [-0.2, -0.15) is 0 Å². The molecule has 1 atom stereocenters. The Morgan fingerprint density at radius 2 is 2.26 bits per heavy atom. The van der Waals surface area contributed by atoms with Crippen molar-refractivity contribution in [3.63, 3.8) is 0 Å². The predicted molar refractivity (Wildman–Crippen MR) is 75.3 cm³/mol. The van der Waals surface area contributed by atoms with Crippen LogP contribution in [0.1, 0.15) is 36.7 Å². The monoisotopic (exact) mass is 292 g/mol. The molecule has 2 aliphatic heterocycles. The first-order valence-electron chi connectivity index (χ1n) is 6.07. The zero-order valence-electron chi connectivity index (χ0n) is 10.5. The molecule has 0 spiro atoms. The van der Waals surface area contributed by atoms with Crippen LogP contribution >= 0.6 is 23.5 Å². The summed E-state index contributed by atoms with van der Waals surface area (Å²) < 4.78 is 7.68. The molecule has 1 unspecified atom stereocenters. The second-order valence-electron chi connectivity index (χ2n) is 4.71. The molecule has 2 aromatic rings. The van der Waals surface area contributed by atoms with Gasteiger partial charge in [-0.25, -0.2) is 9.69 Å². The lowest BCUT2D eigenvalue weighted by atomic mass is 10.2. The molecule has 0 aliphatic carbocycles. The second-order valence-corrected chi connectivity index (χ2v) is 6.66. The Labute approximate surface area is 119 Å². The first kappa shape index (κ1) is 11.5. The van der Waals surface area contributed by atoms with Gasteiger partial charge in [-0.05, 0) is 23.9 Å². The van der Waals surface area contributed by atoms with E-state index in [-0.39, 0.29) is 5.37 Å². The third-order valence-electron chi connectivity index (χ3n) is 3.10. The van der Waals surface area contributed by atoms with Crippen LogP contribution in [-0.4, -0.2) is 14.9 Å². The maximum Gasteiger partial charge on any atom is 0.216 e. The Kier molecular flexibility index (Phi) is 2.46. The summed E-state index contributed by atoms with van der Waals surface area (Å²) in [5.74, 6) is 2.28. The topological polar surface area (TPSA) is 47.1 Å². The summed E-state index contributed by atoms with van der Waals surface area (Å²) in [6, 6.07) is 3.93. The average Bonchev–Trinajstić information content (AvgIpc) is 3.09. The Hall–Kier alpha value is -1.34. The Bertz CT molecular complexity index is 647. The van der Waals surface area contributed by atoms with Crippen molar-refractivity contribution >= 4 is 23.5 Å². The smallest absolute Gasteiger partial charge is 0.216 e. The fraction of sp³-hybridized carbons (Fsp3) is 0.333. The van der Waals surface area contributed by atoms with Gasteiger partial charge in [0.2, 0.25) is 5.16 Å². The molecule has 5 nitrogen and oxygen atoms in total. The van der Waals surface area contributed by atoms with Crippen molar-refractivity contribution in [2.75, 3.05) is 5.01 Å². The van der Waals surface area contributed by atoms with Gasteiger partial charge in [0, 0.05) is 11.3 Å². The van der Waals surface area contributed by atoms with Gasteiger partial charge >= 0.3 is 0 Å². The highest BCUT2D eigenvalue weighted by Crippen LogP contribution is 2.51. The summed E-state index contributed by atoms with van der Waals surface area (Å²) in [4.78, 5) is 0. The first-order valence-corrected chi connectivity index (χ1v) is 7.83. The van der Waals surface area contributed by atoms with Gasteiger partial charge in [-0.15, -0.1) is 10.2 Å². The molecular formula is C12H12N4OS2. The minimum atomic E-state index is 0.132. The number of thioether (sulfide) groups is 2. The SMILES string of the molecule is CC(C)c1nnc2n1N1C(=CSC1c1ccco1)S2. The summed E-state index contributed by atoms with van der Waals surface area (Å²) in [6.45, 7) is 4.27. The van der Waals surface area contributed by atoms with E-state index < -0.39 is 0 Å². The maximum absolute atomic E-state index is 5.56. The van der Waals surface area contributed by atoms with E-state index in [4.69, 9.17) is 4.42 Å². The number of hydrogen-bond acceptors (Lipinski definition) is 6. The average molecular weight is 292 g/mol. The molecule has 2 aliphatic rings. The van der Waals surface area contributed by atoms with Gasteiger partial charge < -0.3 is 4.42 Å². The van der Waals surface area contributed by atoms with Gasteiger partial charge in [0.1, 0.15) is 10.8 Å². The van der Waals surface area contributed by atoms with Crippen LogP contribution < -0.4 is 5.01 Å². The van der Waals surface area contributed by atoms with E-state index in [1.807, 2.05) is 12.1 Å². The van der Waals surface area contributed by atoms with Crippen molar-refractivity contribution in [2.24, 2.45) is 0 Å². The number of rotatable bonds is 2. The van der Waals surface area contributed by atoms with Crippen molar-refractivity contribution in [3.05, 3.63) is 40.4 Å². The molecule has 2 aromatic heterocycles. The third-order valence-corrected chi connectivity index (χ3v) is 5.25. The number of furan rings is 1. The number of hydrogen-bond donors (Lipinski definition) is 0.